The van der Waals surface area contributed by atoms with Gasteiger partial charge in [0.1, 0.15) is 11.6 Å². The Morgan fingerprint density at radius 1 is 0.662 bits per heavy atom. The molecular formula is C59H66F3N9O3. The molecule has 74 heavy (non-hydrogen) atoms. The van der Waals surface area contributed by atoms with E-state index in [0.29, 0.717) is 29.9 Å². The molecule has 4 aromatic carbocycles. The number of nitrogens with zero attached hydrogens (tertiary/aromatic N) is 6. The molecule has 3 aliphatic heterocycles. The van der Waals surface area contributed by atoms with Crippen LogP contribution in [0.2, 0.25) is 0 Å². The van der Waals surface area contributed by atoms with Gasteiger partial charge in [-0.2, -0.15) is 23.7 Å². The molecule has 2 aromatic heterocycles. The van der Waals surface area contributed by atoms with E-state index in [9.17, 15) is 22.8 Å². The van der Waals surface area contributed by atoms with E-state index in [1.807, 2.05) is 60.0 Å². The largest absolute Gasteiger partial charge is 0.446 e. The number of aromatic amines is 2. The third-order valence-corrected chi connectivity index (χ3v) is 14.5. The molecule has 1 aliphatic carbocycles. The highest BCUT2D eigenvalue weighted by molar-refractivity contribution is 5.98. The maximum Gasteiger partial charge on any atom is 0.446 e. The second kappa shape index (κ2) is 24.6. The Labute approximate surface area is 433 Å². The van der Waals surface area contributed by atoms with Gasteiger partial charge in [-0.1, -0.05) is 50.2 Å². The lowest BCUT2D eigenvalue weighted by Crippen LogP contribution is -2.38. The molecule has 0 spiro atoms. The summed E-state index contributed by atoms with van der Waals surface area (Å²) in [6, 6.07) is 28.4. The number of rotatable bonds is 6. The van der Waals surface area contributed by atoms with Crippen molar-refractivity contribution in [1.82, 2.24) is 35.1 Å². The van der Waals surface area contributed by atoms with Gasteiger partial charge in [0.15, 0.2) is 0 Å². The monoisotopic (exact) mass is 1010 g/mol. The van der Waals surface area contributed by atoms with Crippen LogP contribution < -0.4 is 5.32 Å². The van der Waals surface area contributed by atoms with Crippen molar-refractivity contribution in [3.8, 4) is 34.9 Å². The number of nitrogens with one attached hydrogen (secondary N) is 3. The fourth-order valence-corrected chi connectivity index (χ4v) is 10.4. The summed E-state index contributed by atoms with van der Waals surface area (Å²) in [6.07, 6.45) is 3.50. The number of carbonyl (C=O) groups excluding carboxylic acids is 3. The number of fused-ring (bicyclic) bond motifs is 2. The molecule has 5 heterocycles. The van der Waals surface area contributed by atoms with E-state index in [0.717, 1.165) is 152 Å². The van der Waals surface area contributed by atoms with Crippen LogP contribution in [-0.2, 0) is 30.6 Å². The number of piperidine rings is 2. The van der Waals surface area contributed by atoms with Gasteiger partial charge in [0.2, 0.25) is 6.29 Å². The van der Waals surface area contributed by atoms with E-state index in [1.54, 1.807) is 6.92 Å². The van der Waals surface area contributed by atoms with Gasteiger partial charge in [-0.05, 0) is 161 Å². The molecule has 15 heteroatoms. The zero-order valence-electron chi connectivity index (χ0n) is 44.0. The van der Waals surface area contributed by atoms with Crippen LogP contribution in [0.1, 0.15) is 154 Å². The van der Waals surface area contributed by atoms with Crippen molar-refractivity contribution in [2.45, 2.75) is 124 Å². The number of hydrogen-bond acceptors (Lipinski definition) is 8. The Balaban J connectivity index is 0.000000189. The van der Waals surface area contributed by atoms with E-state index in [1.165, 1.54) is 35.4 Å². The van der Waals surface area contributed by atoms with Gasteiger partial charge < -0.3 is 25.1 Å². The average molecular weight is 1010 g/mol. The third kappa shape index (κ3) is 13.0. The van der Waals surface area contributed by atoms with Crippen molar-refractivity contribution in [1.29, 1.82) is 10.5 Å². The summed E-state index contributed by atoms with van der Waals surface area (Å²) in [7, 11) is 0. The van der Waals surface area contributed by atoms with E-state index in [2.05, 4.69) is 77.7 Å². The van der Waals surface area contributed by atoms with Crippen LogP contribution in [-0.4, -0.2) is 86.7 Å². The minimum Gasteiger partial charge on any atom is -0.342 e. The first-order valence-electron chi connectivity index (χ1n) is 26.3. The number of aryl methyl sites for hydroxylation is 6. The number of imidazole rings is 2. The number of carbonyl (C=O) groups is 3. The van der Waals surface area contributed by atoms with E-state index in [-0.39, 0.29) is 11.8 Å². The normalized spacial score (nSPS) is 15.7. The standard InChI is InChI=1S/C28H30N4O.C27H29N5O.C2HF3O.C2H6/c1-18-15-19(2)24(16-23(18)27-30-25-5-3-4-6-26(25)31-27)28(33)32-13-11-22(12-14-32)21-9-7-20(17-29)8-10-21;1-17-13-18(2)23(14-22(17)26-30-24-7-10-29-16-25(24)31-26)27(33)32-11-8-21(9-12-32)20-5-3-19(15-28)4-6-20;3-2(4,5)1-6;1-2/h7-10,15-16,22H,3-6,11-14H2,1-2H3,(H,30,31);3-6,13-14,21,29H,7-12,16H2,1-2H3,(H,30,31);1H;1-2H3/i;;;1D. The number of alkyl halides is 3. The number of hydrogen-bond donors (Lipinski definition) is 3. The summed E-state index contributed by atoms with van der Waals surface area (Å²) in [6.45, 7) is 15.3. The number of aromatic nitrogens is 4. The smallest absolute Gasteiger partial charge is 0.342 e. The molecule has 10 rings (SSSR count). The summed E-state index contributed by atoms with van der Waals surface area (Å²) in [5.74, 6) is 2.83. The Morgan fingerprint density at radius 3 is 1.46 bits per heavy atom. The van der Waals surface area contributed by atoms with Gasteiger partial charge in [0, 0.05) is 75.0 Å². The highest BCUT2D eigenvalue weighted by Gasteiger charge is 2.29. The second-order valence-corrected chi connectivity index (χ2v) is 19.4. The molecule has 2 saturated heterocycles. The number of halogens is 3. The van der Waals surface area contributed by atoms with Gasteiger partial charge in [-0.25, -0.2) is 9.97 Å². The number of aldehydes is 1. The van der Waals surface area contributed by atoms with Gasteiger partial charge in [0.25, 0.3) is 11.8 Å². The Bertz CT molecular complexity index is 2800. The molecule has 12 nitrogen and oxygen atoms in total. The zero-order valence-corrected chi connectivity index (χ0v) is 43.0. The first-order chi connectivity index (χ1) is 36.0. The van der Waals surface area contributed by atoms with Crippen molar-refractivity contribution in [3.05, 3.63) is 151 Å². The van der Waals surface area contributed by atoms with Crippen molar-refractivity contribution >= 4 is 18.1 Å². The highest BCUT2D eigenvalue weighted by atomic mass is 19.4. The van der Waals surface area contributed by atoms with Crippen LogP contribution in [0.4, 0.5) is 13.2 Å². The van der Waals surface area contributed by atoms with Crippen molar-refractivity contribution < 1.29 is 28.9 Å². The third-order valence-electron chi connectivity index (χ3n) is 14.5. The molecule has 2 fully saturated rings. The molecule has 0 bridgehead atoms. The van der Waals surface area contributed by atoms with Crippen LogP contribution in [0.25, 0.3) is 22.8 Å². The Hall–Kier alpha value is -7.36. The van der Waals surface area contributed by atoms with E-state index >= 15 is 0 Å². The number of nitriles is 2. The van der Waals surface area contributed by atoms with Gasteiger partial charge in [0.05, 0.1) is 40.3 Å². The molecular weight excluding hydrogens is 940 g/mol. The minimum atomic E-state index is -4.64. The number of likely N-dealkylation sites (tertiary alicyclic amines) is 2. The second-order valence-electron chi connectivity index (χ2n) is 19.4. The van der Waals surface area contributed by atoms with Crippen LogP contribution in [0.15, 0.2) is 72.8 Å². The highest BCUT2D eigenvalue weighted by Crippen LogP contribution is 2.34. The van der Waals surface area contributed by atoms with Crippen molar-refractivity contribution in [3.63, 3.8) is 0 Å². The van der Waals surface area contributed by atoms with Crippen LogP contribution in [0.3, 0.4) is 0 Å². The van der Waals surface area contributed by atoms with E-state index < -0.39 is 12.5 Å². The summed E-state index contributed by atoms with van der Waals surface area (Å²) < 4.78 is 37.5. The van der Waals surface area contributed by atoms with Crippen LogP contribution >= 0.6 is 0 Å². The minimum absolute atomic E-state index is 0.102. The Morgan fingerprint density at radius 2 is 1.07 bits per heavy atom. The number of benzene rings is 4. The average Bonchev–Trinajstić information content (AvgIpc) is 4.07. The predicted octanol–water partition coefficient (Wildman–Crippen LogP) is 11.5. The van der Waals surface area contributed by atoms with Gasteiger partial charge >= 0.3 is 6.18 Å². The molecule has 2 amide bonds. The Kier molecular flexibility index (Phi) is 17.6. The molecule has 386 valence electrons. The quantitative estimate of drug-likeness (QED) is 0.138. The molecule has 0 unspecified atom stereocenters. The maximum atomic E-state index is 13.5. The summed E-state index contributed by atoms with van der Waals surface area (Å²) in [5.41, 5.74) is 16.5. The molecule has 0 radical (unpaired) electrons. The predicted molar refractivity (Wildman–Crippen MR) is 281 cm³/mol. The summed E-state index contributed by atoms with van der Waals surface area (Å²) in [4.78, 5) is 56.4. The molecule has 4 aliphatic rings. The van der Waals surface area contributed by atoms with E-state index in [4.69, 9.17) is 26.7 Å². The van der Waals surface area contributed by atoms with Crippen LogP contribution in [0, 0.1) is 50.4 Å². The topological polar surface area (TPSA) is 175 Å². The summed E-state index contributed by atoms with van der Waals surface area (Å²) >= 11 is 0. The van der Waals surface area contributed by atoms with Crippen molar-refractivity contribution in [2.24, 2.45) is 0 Å². The molecule has 3 N–H and O–H groups in total. The fraction of sp³-hybridized carbons (Fsp3) is 0.407. The fourth-order valence-electron chi connectivity index (χ4n) is 10.4. The lowest BCUT2D eigenvalue weighted by Gasteiger charge is -2.32. The first kappa shape index (κ1) is 52.9. The first-order valence-corrected chi connectivity index (χ1v) is 25.5. The SMILES string of the molecule is Cc1cc(C)c(-c2nc3c([nH]2)CCCC3)cc1C(=O)N1CCC(c2ccc(C#N)cc2)CC1.Cc1cc(C)c(-c2nc3c([nH]2)CNCC3)cc1C(=O)N1CCC(c2ccc(C#N)cc2)CC1.O=CC(F)(F)F.[2H]CC. The lowest BCUT2D eigenvalue weighted by atomic mass is 9.88. The van der Waals surface area contributed by atoms with Crippen molar-refractivity contribution in [2.75, 3.05) is 32.7 Å². The molecule has 0 atom stereocenters. The molecule has 6 aromatic rings. The van der Waals surface area contributed by atoms with Gasteiger partial charge in [-0.3, -0.25) is 14.4 Å². The number of amides is 2. The maximum absolute atomic E-state index is 13.5. The summed E-state index contributed by atoms with van der Waals surface area (Å²) in [5, 5.41) is 21.4. The zero-order chi connectivity index (χ0) is 53.8. The molecule has 0 saturated carbocycles. The lowest BCUT2D eigenvalue weighted by molar-refractivity contribution is -0.156. The van der Waals surface area contributed by atoms with Gasteiger partial charge in [-0.15, -0.1) is 0 Å². The van der Waals surface area contributed by atoms with Crippen LogP contribution in [0.5, 0.6) is 0 Å². The number of H-pyrrole nitrogens is 2.